The second kappa shape index (κ2) is 6.58. The van der Waals surface area contributed by atoms with Crippen molar-refractivity contribution in [2.24, 2.45) is 7.05 Å². The zero-order valence-corrected chi connectivity index (χ0v) is 14.3. The predicted octanol–water partition coefficient (Wildman–Crippen LogP) is 1.91. The minimum atomic E-state index is 0.607. The average Bonchev–Trinajstić information content (AvgIpc) is 2.97. The highest BCUT2D eigenvalue weighted by atomic mass is 35.5. The van der Waals surface area contributed by atoms with E-state index >= 15 is 0 Å². The molecule has 2 aromatic rings. The van der Waals surface area contributed by atoms with Crippen molar-refractivity contribution in [3.05, 3.63) is 11.5 Å². The molecule has 0 saturated carbocycles. The van der Waals surface area contributed by atoms with Crippen LogP contribution in [0.25, 0.3) is 11.2 Å². The summed E-state index contributed by atoms with van der Waals surface area (Å²) in [6.45, 7) is 6.44. The third kappa shape index (κ3) is 3.07. The number of alkyl halides is 1. The number of thioether (sulfide) groups is 1. The summed E-state index contributed by atoms with van der Waals surface area (Å²) in [5.74, 6) is 4.19. The molecule has 0 N–H and O–H groups in total. The van der Waals surface area contributed by atoms with E-state index in [9.17, 15) is 0 Å². The monoisotopic (exact) mass is 327 g/mol. The Morgan fingerprint density at radius 2 is 2.00 bits per heavy atom. The Labute approximate surface area is 134 Å². The first-order chi connectivity index (χ1) is 10.2. The molecule has 3 rings (SSSR count). The van der Waals surface area contributed by atoms with Gasteiger partial charge in [-0.05, 0) is 6.92 Å². The smallest absolute Gasteiger partial charge is 0.158 e. The van der Waals surface area contributed by atoms with Gasteiger partial charge in [0.05, 0.1) is 5.69 Å². The van der Waals surface area contributed by atoms with Gasteiger partial charge in [0, 0.05) is 57.0 Å². The lowest BCUT2D eigenvalue weighted by atomic mass is 10.4. The van der Waals surface area contributed by atoms with Crippen molar-refractivity contribution >= 4 is 34.5 Å². The fourth-order valence-electron chi connectivity index (χ4n) is 2.96. The summed E-state index contributed by atoms with van der Waals surface area (Å²) in [6, 6.07) is 0. The minimum Gasteiger partial charge on any atom is -0.312 e. The maximum atomic E-state index is 5.94. The van der Waals surface area contributed by atoms with Crippen molar-refractivity contribution in [2.45, 2.75) is 19.9 Å². The molecule has 116 valence electrons. The standard InChI is InChI=1S/C14H22ClN5S/c1-11-13-14(18(2)17-11)20(12(16-13)3-4-15)6-5-19-7-9-21-10-8-19/h3-10H2,1-2H3. The first kappa shape index (κ1) is 15.2. The first-order valence-electron chi connectivity index (χ1n) is 7.45. The Morgan fingerprint density at radius 1 is 1.24 bits per heavy atom. The number of aromatic nitrogens is 4. The summed E-state index contributed by atoms with van der Waals surface area (Å²) < 4.78 is 4.25. The van der Waals surface area contributed by atoms with Crippen LogP contribution in [0.15, 0.2) is 0 Å². The summed E-state index contributed by atoms with van der Waals surface area (Å²) >= 11 is 7.99. The first-order valence-corrected chi connectivity index (χ1v) is 9.14. The normalized spacial score (nSPS) is 16.9. The summed E-state index contributed by atoms with van der Waals surface area (Å²) in [4.78, 5) is 7.30. The zero-order valence-electron chi connectivity index (χ0n) is 12.7. The van der Waals surface area contributed by atoms with E-state index in [1.807, 2.05) is 30.4 Å². The molecule has 0 spiro atoms. The van der Waals surface area contributed by atoms with E-state index in [2.05, 4.69) is 14.6 Å². The molecule has 2 aromatic heterocycles. The number of hydrogen-bond acceptors (Lipinski definition) is 4. The molecule has 1 aliphatic rings. The van der Waals surface area contributed by atoms with E-state index in [1.54, 1.807) is 0 Å². The summed E-state index contributed by atoms with van der Waals surface area (Å²) in [5, 5.41) is 4.49. The molecule has 0 amide bonds. The van der Waals surface area contributed by atoms with Gasteiger partial charge in [0.1, 0.15) is 11.3 Å². The van der Waals surface area contributed by atoms with Gasteiger partial charge in [-0.1, -0.05) is 0 Å². The highest BCUT2D eigenvalue weighted by molar-refractivity contribution is 7.99. The molecule has 1 saturated heterocycles. The Balaban J connectivity index is 1.85. The van der Waals surface area contributed by atoms with Crippen LogP contribution in [0.2, 0.25) is 0 Å². The molecule has 0 unspecified atom stereocenters. The van der Waals surface area contributed by atoms with Gasteiger partial charge in [0.2, 0.25) is 0 Å². The molecule has 3 heterocycles. The molecule has 0 atom stereocenters. The molecule has 0 aromatic carbocycles. The molecule has 1 aliphatic heterocycles. The van der Waals surface area contributed by atoms with Crippen LogP contribution in [0.5, 0.6) is 0 Å². The number of aryl methyl sites for hydroxylation is 3. The van der Waals surface area contributed by atoms with Crippen molar-refractivity contribution in [2.75, 3.05) is 37.0 Å². The van der Waals surface area contributed by atoms with Gasteiger partial charge in [-0.2, -0.15) is 16.9 Å². The van der Waals surface area contributed by atoms with Crippen molar-refractivity contribution in [1.82, 2.24) is 24.2 Å². The van der Waals surface area contributed by atoms with Crippen LogP contribution in [0, 0.1) is 6.92 Å². The lowest BCUT2D eigenvalue weighted by Crippen LogP contribution is -2.35. The number of hydrogen-bond donors (Lipinski definition) is 0. The minimum absolute atomic E-state index is 0.607. The van der Waals surface area contributed by atoms with Gasteiger partial charge in [0.15, 0.2) is 5.65 Å². The molecule has 7 heteroatoms. The molecule has 0 aliphatic carbocycles. The molecule has 21 heavy (non-hydrogen) atoms. The Kier molecular flexibility index (Phi) is 4.76. The number of rotatable bonds is 5. The second-order valence-electron chi connectivity index (χ2n) is 5.45. The van der Waals surface area contributed by atoms with Crippen LogP contribution < -0.4 is 0 Å². The molecular weight excluding hydrogens is 306 g/mol. The van der Waals surface area contributed by atoms with Crippen molar-refractivity contribution in [1.29, 1.82) is 0 Å². The number of halogens is 1. The fourth-order valence-corrected chi connectivity index (χ4v) is 4.10. The molecule has 1 fully saturated rings. The molecule has 5 nitrogen and oxygen atoms in total. The van der Waals surface area contributed by atoms with Crippen molar-refractivity contribution in [3.8, 4) is 0 Å². The quantitative estimate of drug-likeness (QED) is 0.786. The maximum Gasteiger partial charge on any atom is 0.158 e. The SMILES string of the molecule is Cc1nn(C)c2c1nc(CCCl)n2CCN1CCSCC1. The number of fused-ring (bicyclic) bond motifs is 1. The lowest BCUT2D eigenvalue weighted by molar-refractivity contribution is 0.289. The van der Waals surface area contributed by atoms with Gasteiger partial charge in [-0.3, -0.25) is 9.58 Å². The second-order valence-corrected chi connectivity index (χ2v) is 7.06. The highest BCUT2D eigenvalue weighted by Gasteiger charge is 2.18. The average molecular weight is 328 g/mol. The van der Waals surface area contributed by atoms with Crippen LogP contribution in [0.1, 0.15) is 11.5 Å². The summed E-state index contributed by atoms with van der Waals surface area (Å²) in [7, 11) is 2.00. The molecule has 0 radical (unpaired) electrons. The van der Waals surface area contributed by atoms with Gasteiger partial charge >= 0.3 is 0 Å². The van der Waals surface area contributed by atoms with Crippen molar-refractivity contribution in [3.63, 3.8) is 0 Å². The summed E-state index contributed by atoms with van der Waals surface area (Å²) in [6.07, 6.45) is 0.811. The molecular formula is C14H22ClN5S. The maximum absolute atomic E-state index is 5.94. The Morgan fingerprint density at radius 3 is 2.71 bits per heavy atom. The van der Waals surface area contributed by atoms with E-state index in [4.69, 9.17) is 16.6 Å². The van der Waals surface area contributed by atoms with E-state index < -0.39 is 0 Å². The largest absolute Gasteiger partial charge is 0.312 e. The zero-order chi connectivity index (χ0) is 14.8. The van der Waals surface area contributed by atoms with Gasteiger partial charge in [-0.15, -0.1) is 11.6 Å². The lowest BCUT2D eigenvalue weighted by Gasteiger charge is -2.26. The Bertz CT molecular complexity index is 614. The highest BCUT2D eigenvalue weighted by Crippen LogP contribution is 2.20. The number of imidazole rings is 1. The van der Waals surface area contributed by atoms with Gasteiger partial charge in [-0.25, -0.2) is 4.98 Å². The van der Waals surface area contributed by atoms with Gasteiger partial charge in [0.25, 0.3) is 0 Å². The van der Waals surface area contributed by atoms with E-state index in [0.717, 1.165) is 42.2 Å². The summed E-state index contributed by atoms with van der Waals surface area (Å²) in [5.41, 5.74) is 3.14. The van der Waals surface area contributed by atoms with Crippen LogP contribution in [-0.2, 0) is 20.0 Å². The fraction of sp³-hybridized carbons (Fsp3) is 0.714. The van der Waals surface area contributed by atoms with E-state index in [-0.39, 0.29) is 0 Å². The Hall–Kier alpha value is -0.720. The van der Waals surface area contributed by atoms with Crippen LogP contribution in [-0.4, -0.2) is 61.3 Å². The van der Waals surface area contributed by atoms with Crippen molar-refractivity contribution < 1.29 is 0 Å². The van der Waals surface area contributed by atoms with Crippen LogP contribution >= 0.6 is 23.4 Å². The third-order valence-electron chi connectivity index (χ3n) is 4.03. The number of nitrogens with zero attached hydrogens (tertiary/aromatic N) is 5. The third-order valence-corrected chi connectivity index (χ3v) is 5.16. The topological polar surface area (TPSA) is 38.9 Å². The molecule has 0 bridgehead atoms. The van der Waals surface area contributed by atoms with E-state index in [0.29, 0.717) is 5.88 Å². The predicted molar refractivity (Wildman–Crippen MR) is 89.4 cm³/mol. The van der Waals surface area contributed by atoms with Gasteiger partial charge < -0.3 is 4.57 Å². The van der Waals surface area contributed by atoms with E-state index in [1.165, 1.54) is 24.6 Å². The van der Waals surface area contributed by atoms with Crippen LogP contribution in [0.4, 0.5) is 0 Å². The van der Waals surface area contributed by atoms with Crippen LogP contribution in [0.3, 0.4) is 0 Å².